The second-order valence-electron chi connectivity index (χ2n) is 3.61. The van der Waals surface area contributed by atoms with E-state index in [-0.39, 0.29) is 20.2 Å². The molecular formula is C13H12INO2S. The maximum absolute atomic E-state index is 12.4. The molecule has 0 bridgehead atoms. The second-order valence-corrected chi connectivity index (χ2v) is 6.37. The molecule has 0 amide bonds. The monoisotopic (exact) mass is 377 g/mol. The molecular weight excluding hydrogens is 361 g/mol. The van der Waals surface area contributed by atoms with E-state index in [2.05, 4.69) is 4.72 Å². The van der Waals surface area contributed by atoms with Gasteiger partial charge in [0.1, 0.15) is 0 Å². The average molecular weight is 377 g/mol. The highest BCUT2D eigenvalue weighted by Crippen LogP contribution is 2.21. The van der Waals surface area contributed by atoms with Crippen LogP contribution in [0.4, 0.5) is 5.69 Å². The third-order valence-electron chi connectivity index (χ3n) is 2.21. The van der Waals surface area contributed by atoms with Crippen molar-refractivity contribution in [3.63, 3.8) is 0 Å². The van der Waals surface area contributed by atoms with Gasteiger partial charge in [-0.05, 0) is 53.7 Å². The van der Waals surface area contributed by atoms with Crippen LogP contribution >= 0.6 is 22.6 Å². The summed E-state index contributed by atoms with van der Waals surface area (Å²) in [6, 6.07) is 4.62. The van der Waals surface area contributed by atoms with Gasteiger partial charge in [0.05, 0.1) is 16.1 Å². The molecule has 2 aromatic carbocycles. The highest BCUT2D eigenvalue weighted by Gasteiger charge is 2.14. The largest absolute Gasteiger partial charge is 0.279 e. The molecule has 1 N–H and O–H groups in total. The van der Waals surface area contributed by atoms with Gasteiger partial charge in [0, 0.05) is 3.57 Å². The van der Waals surface area contributed by atoms with Gasteiger partial charge in [0.25, 0.3) is 10.0 Å². The van der Waals surface area contributed by atoms with Crippen molar-refractivity contribution in [2.45, 2.75) is 11.8 Å². The van der Waals surface area contributed by atoms with Crippen LogP contribution in [0, 0.1) is 10.5 Å². The zero-order valence-corrected chi connectivity index (χ0v) is 12.4. The average Bonchev–Trinajstić information content (AvgIpc) is 2.48. The maximum atomic E-state index is 12.4. The van der Waals surface area contributed by atoms with E-state index in [0.29, 0.717) is 0 Å². The summed E-state index contributed by atoms with van der Waals surface area (Å²) >= 11 is 1.70. The Labute approximate surface area is 126 Å². The number of benzene rings is 2. The zero-order chi connectivity index (χ0) is 16.7. The molecule has 0 saturated carbocycles. The van der Waals surface area contributed by atoms with E-state index in [1.807, 2.05) is 6.92 Å². The maximum Gasteiger partial charge on any atom is 0.261 e. The van der Waals surface area contributed by atoms with Gasteiger partial charge in [0.15, 0.2) is 0 Å². The van der Waals surface area contributed by atoms with Crippen LogP contribution in [0.2, 0.25) is 0 Å². The van der Waals surface area contributed by atoms with Crippen molar-refractivity contribution in [2.75, 3.05) is 4.72 Å². The lowest BCUT2D eigenvalue weighted by Gasteiger charge is -2.09. The summed E-state index contributed by atoms with van der Waals surface area (Å²) in [4.78, 5) is 0.0290. The Kier molecular flexibility index (Phi) is 2.62. The highest BCUT2D eigenvalue weighted by atomic mass is 127. The molecule has 2 aromatic rings. The fraction of sp³-hybridized carbons (Fsp3) is 0.0769. The van der Waals surface area contributed by atoms with Gasteiger partial charge in [-0.3, -0.25) is 4.72 Å². The van der Waals surface area contributed by atoms with Crippen LogP contribution < -0.4 is 4.72 Å². The molecule has 2 rings (SSSR count). The molecule has 94 valence electrons. The lowest BCUT2D eigenvalue weighted by molar-refractivity contribution is 0.601. The van der Waals surface area contributed by atoms with Gasteiger partial charge >= 0.3 is 0 Å². The van der Waals surface area contributed by atoms with Gasteiger partial charge in [-0.1, -0.05) is 29.8 Å². The van der Waals surface area contributed by atoms with Crippen molar-refractivity contribution < 1.29 is 13.9 Å². The minimum atomic E-state index is -3.92. The first kappa shape index (κ1) is 8.92. The van der Waals surface area contributed by atoms with Gasteiger partial charge in [-0.15, -0.1) is 0 Å². The van der Waals surface area contributed by atoms with Crippen LogP contribution in [0.5, 0.6) is 0 Å². The summed E-state index contributed by atoms with van der Waals surface area (Å²) in [5.41, 5.74) is 0.766. The lowest BCUT2D eigenvalue weighted by atomic mass is 10.2. The molecule has 0 fully saturated rings. The molecule has 0 radical (unpaired) electrons. The van der Waals surface area contributed by atoms with Crippen molar-refractivity contribution in [1.29, 1.82) is 0 Å². The van der Waals surface area contributed by atoms with Crippen molar-refractivity contribution in [2.24, 2.45) is 0 Å². The fourth-order valence-corrected chi connectivity index (χ4v) is 2.90. The lowest BCUT2D eigenvalue weighted by Crippen LogP contribution is -2.13. The van der Waals surface area contributed by atoms with E-state index in [0.717, 1.165) is 5.56 Å². The minimum Gasteiger partial charge on any atom is -0.279 e. The van der Waals surface area contributed by atoms with E-state index in [4.69, 9.17) is 5.48 Å². The highest BCUT2D eigenvalue weighted by molar-refractivity contribution is 14.1. The summed E-state index contributed by atoms with van der Waals surface area (Å²) in [7, 11) is -3.92. The topological polar surface area (TPSA) is 46.2 Å². The number of aryl methyl sites for hydroxylation is 1. The van der Waals surface area contributed by atoms with E-state index in [9.17, 15) is 8.42 Å². The molecule has 0 aromatic heterocycles. The standard InChI is InChI=1S/C13H12INO2S/c1-10-6-8-11(9-7-10)18(16,17)15-13-5-3-2-4-12(13)14/h2-9,15H,1H3/i2D,3D,4D,5D. The normalized spacial score (nSPS) is 14.3. The zero-order valence-electron chi connectivity index (χ0n) is 13.4. The van der Waals surface area contributed by atoms with Crippen molar-refractivity contribution >= 4 is 38.3 Å². The molecule has 18 heavy (non-hydrogen) atoms. The number of sulfonamides is 1. The number of nitrogens with one attached hydrogen (secondary N) is 1. The van der Waals surface area contributed by atoms with E-state index in [1.54, 1.807) is 34.7 Å². The molecule has 5 heteroatoms. The van der Waals surface area contributed by atoms with Gasteiger partial charge in [0.2, 0.25) is 0 Å². The van der Waals surface area contributed by atoms with Crippen molar-refractivity contribution in [3.8, 4) is 0 Å². The Morgan fingerprint density at radius 1 is 1.17 bits per heavy atom. The number of anilines is 1. The molecule has 0 aliphatic heterocycles. The summed E-state index contributed by atoms with van der Waals surface area (Å²) in [5, 5.41) is 0. The van der Waals surface area contributed by atoms with Crippen LogP contribution in [0.15, 0.2) is 53.3 Å². The fourth-order valence-electron chi connectivity index (χ4n) is 1.28. The number of rotatable bonds is 3. The summed E-state index contributed by atoms with van der Waals surface area (Å²) in [5.74, 6) is 0. The predicted octanol–water partition coefficient (Wildman–Crippen LogP) is 3.40. The predicted molar refractivity (Wildman–Crippen MR) is 81.1 cm³/mol. The molecule has 0 aliphatic rings. The molecule has 0 spiro atoms. The van der Waals surface area contributed by atoms with Crippen molar-refractivity contribution in [3.05, 3.63) is 57.6 Å². The Morgan fingerprint density at radius 2 is 1.78 bits per heavy atom. The van der Waals surface area contributed by atoms with Crippen LogP contribution in [0.3, 0.4) is 0 Å². The summed E-state index contributed by atoms with van der Waals surface area (Å²) in [6.07, 6.45) is 0. The number of hydrogen-bond acceptors (Lipinski definition) is 2. The van der Waals surface area contributed by atoms with E-state index >= 15 is 0 Å². The van der Waals surface area contributed by atoms with Gasteiger partial charge in [-0.2, -0.15) is 0 Å². The second kappa shape index (κ2) is 5.27. The third kappa shape index (κ3) is 3.02. The molecule has 0 saturated heterocycles. The van der Waals surface area contributed by atoms with Gasteiger partial charge in [-0.25, -0.2) is 8.42 Å². The summed E-state index contributed by atoms with van der Waals surface area (Å²) in [6.45, 7) is 1.83. The van der Waals surface area contributed by atoms with Crippen LogP contribution in [-0.4, -0.2) is 8.42 Å². The van der Waals surface area contributed by atoms with Crippen molar-refractivity contribution in [1.82, 2.24) is 0 Å². The minimum absolute atomic E-state index is 0.0290. The molecule has 0 atom stereocenters. The number of hydrogen-bond donors (Lipinski definition) is 1. The van der Waals surface area contributed by atoms with E-state index in [1.165, 1.54) is 12.1 Å². The molecule has 0 aliphatic carbocycles. The number of halogens is 1. The van der Waals surface area contributed by atoms with Crippen LogP contribution in [0.25, 0.3) is 0 Å². The third-order valence-corrected chi connectivity index (χ3v) is 4.38. The Hall–Kier alpha value is -1.08. The first-order valence-corrected chi connectivity index (χ1v) is 7.56. The molecule has 0 unspecified atom stereocenters. The Bertz CT molecular complexity index is 809. The Balaban J connectivity index is 2.53. The SMILES string of the molecule is [2H]c1c([2H])c([2H])c(NS(=O)(=O)c2ccc(C)cc2)c(I)c1[2H]. The van der Waals surface area contributed by atoms with Gasteiger partial charge < -0.3 is 0 Å². The molecule has 0 heterocycles. The Morgan fingerprint density at radius 3 is 2.44 bits per heavy atom. The molecule has 3 nitrogen and oxygen atoms in total. The quantitative estimate of drug-likeness (QED) is 0.834. The first-order chi connectivity index (χ1) is 10.1. The number of para-hydroxylation sites is 1. The smallest absolute Gasteiger partial charge is 0.261 e. The first-order valence-electron chi connectivity index (χ1n) is 7.00. The van der Waals surface area contributed by atoms with Crippen LogP contribution in [0.1, 0.15) is 11.0 Å². The van der Waals surface area contributed by atoms with E-state index < -0.39 is 28.2 Å². The summed E-state index contributed by atoms with van der Waals surface area (Å²) < 4.78 is 57.8. The van der Waals surface area contributed by atoms with Crippen LogP contribution in [-0.2, 0) is 10.0 Å².